The molecule has 0 bridgehead atoms. The van der Waals surface area contributed by atoms with E-state index in [4.69, 9.17) is 16.8 Å². The fourth-order valence-electron chi connectivity index (χ4n) is 0.849. The van der Waals surface area contributed by atoms with E-state index in [2.05, 4.69) is 0 Å². The lowest BCUT2D eigenvalue weighted by Gasteiger charge is -2.01. The standard InChI is InChI=1S/C8H6ClNO3/c9-7-3-5(4-11)1-2-6(7)8(12)10-13/h1-4,13H,(H,10,12). The Kier molecular flexibility index (Phi) is 3.00. The van der Waals surface area contributed by atoms with E-state index in [9.17, 15) is 9.59 Å². The first-order chi connectivity index (χ1) is 6.19. The Morgan fingerprint density at radius 1 is 1.54 bits per heavy atom. The molecule has 2 N–H and O–H groups in total. The minimum atomic E-state index is -0.706. The number of hydrogen-bond acceptors (Lipinski definition) is 3. The van der Waals surface area contributed by atoms with Gasteiger partial charge in [0.25, 0.3) is 5.91 Å². The Morgan fingerprint density at radius 2 is 2.23 bits per heavy atom. The van der Waals surface area contributed by atoms with Gasteiger partial charge in [-0.05, 0) is 12.1 Å². The number of amides is 1. The van der Waals surface area contributed by atoms with E-state index in [1.54, 1.807) is 0 Å². The topological polar surface area (TPSA) is 66.4 Å². The van der Waals surface area contributed by atoms with E-state index in [-0.39, 0.29) is 10.6 Å². The summed E-state index contributed by atoms with van der Waals surface area (Å²) in [5.41, 5.74) is 1.94. The van der Waals surface area contributed by atoms with Crippen molar-refractivity contribution in [2.75, 3.05) is 0 Å². The van der Waals surface area contributed by atoms with E-state index < -0.39 is 5.91 Å². The van der Waals surface area contributed by atoms with Crippen molar-refractivity contribution in [3.8, 4) is 0 Å². The van der Waals surface area contributed by atoms with Gasteiger partial charge in [0, 0.05) is 5.56 Å². The van der Waals surface area contributed by atoms with Gasteiger partial charge in [0.05, 0.1) is 10.6 Å². The van der Waals surface area contributed by atoms with Gasteiger partial charge in [-0.1, -0.05) is 17.7 Å². The summed E-state index contributed by atoms with van der Waals surface area (Å²) in [6.07, 6.45) is 0.618. The normalized spacial score (nSPS) is 9.38. The highest BCUT2D eigenvalue weighted by Crippen LogP contribution is 2.16. The van der Waals surface area contributed by atoms with Crippen molar-refractivity contribution in [1.82, 2.24) is 5.48 Å². The van der Waals surface area contributed by atoms with Gasteiger partial charge < -0.3 is 0 Å². The maximum absolute atomic E-state index is 10.9. The van der Waals surface area contributed by atoms with Crippen LogP contribution in [0.2, 0.25) is 5.02 Å². The predicted octanol–water partition coefficient (Wildman–Crippen LogP) is 1.27. The molecular formula is C8H6ClNO3. The van der Waals surface area contributed by atoms with E-state index >= 15 is 0 Å². The van der Waals surface area contributed by atoms with Crippen molar-refractivity contribution in [2.24, 2.45) is 0 Å². The van der Waals surface area contributed by atoms with Gasteiger partial charge in [-0.3, -0.25) is 14.8 Å². The van der Waals surface area contributed by atoms with Crippen LogP contribution in [0.15, 0.2) is 18.2 Å². The van der Waals surface area contributed by atoms with Crippen molar-refractivity contribution in [3.63, 3.8) is 0 Å². The third-order valence-electron chi connectivity index (χ3n) is 1.48. The van der Waals surface area contributed by atoms with Crippen molar-refractivity contribution >= 4 is 23.8 Å². The fraction of sp³-hybridized carbons (Fsp3) is 0. The lowest BCUT2D eigenvalue weighted by atomic mass is 10.1. The molecule has 0 atom stereocenters. The van der Waals surface area contributed by atoms with Gasteiger partial charge in [0.2, 0.25) is 0 Å². The zero-order valence-electron chi connectivity index (χ0n) is 6.45. The summed E-state index contributed by atoms with van der Waals surface area (Å²) in [4.78, 5) is 21.2. The van der Waals surface area contributed by atoms with Crippen LogP contribution >= 0.6 is 11.6 Å². The zero-order chi connectivity index (χ0) is 9.84. The molecule has 5 heteroatoms. The Labute approximate surface area is 79.1 Å². The van der Waals surface area contributed by atoms with Gasteiger partial charge in [-0.15, -0.1) is 0 Å². The molecule has 0 aliphatic rings. The molecule has 1 rings (SSSR count). The van der Waals surface area contributed by atoms with Gasteiger partial charge in [-0.2, -0.15) is 0 Å². The molecule has 0 saturated heterocycles. The Balaban J connectivity index is 3.12. The summed E-state index contributed by atoms with van der Waals surface area (Å²) in [5, 5.41) is 8.43. The molecule has 0 heterocycles. The van der Waals surface area contributed by atoms with Crippen LogP contribution in [-0.4, -0.2) is 17.4 Å². The van der Waals surface area contributed by atoms with Crippen LogP contribution in [0.5, 0.6) is 0 Å². The molecular weight excluding hydrogens is 194 g/mol. The first kappa shape index (κ1) is 9.70. The molecule has 0 unspecified atom stereocenters. The molecule has 0 aliphatic carbocycles. The molecule has 0 fully saturated rings. The van der Waals surface area contributed by atoms with Crippen molar-refractivity contribution in [2.45, 2.75) is 0 Å². The minimum Gasteiger partial charge on any atom is -0.298 e. The highest BCUT2D eigenvalue weighted by molar-refractivity contribution is 6.34. The first-order valence-corrected chi connectivity index (χ1v) is 3.76. The summed E-state index contributed by atoms with van der Waals surface area (Å²) in [7, 11) is 0. The van der Waals surface area contributed by atoms with Crippen LogP contribution in [0, 0.1) is 0 Å². The number of rotatable bonds is 2. The predicted molar refractivity (Wildman–Crippen MR) is 46.1 cm³/mol. The van der Waals surface area contributed by atoms with Crippen LogP contribution < -0.4 is 5.48 Å². The van der Waals surface area contributed by atoms with E-state index in [1.807, 2.05) is 0 Å². The smallest absolute Gasteiger partial charge is 0.276 e. The van der Waals surface area contributed by atoms with Gasteiger partial charge in [0.1, 0.15) is 6.29 Å². The van der Waals surface area contributed by atoms with Gasteiger partial charge in [0.15, 0.2) is 0 Å². The summed E-state index contributed by atoms with van der Waals surface area (Å²) in [6.45, 7) is 0. The third-order valence-corrected chi connectivity index (χ3v) is 1.79. The zero-order valence-corrected chi connectivity index (χ0v) is 7.21. The van der Waals surface area contributed by atoms with Crippen molar-refractivity contribution < 1.29 is 14.8 Å². The molecule has 0 spiro atoms. The molecule has 1 aromatic carbocycles. The highest BCUT2D eigenvalue weighted by atomic mass is 35.5. The average Bonchev–Trinajstić information content (AvgIpc) is 2.16. The van der Waals surface area contributed by atoms with Crippen LogP contribution in [0.25, 0.3) is 0 Å². The lowest BCUT2D eigenvalue weighted by molar-refractivity contribution is 0.0706. The largest absolute Gasteiger partial charge is 0.298 e. The van der Waals surface area contributed by atoms with Crippen LogP contribution in [-0.2, 0) is 0 Å². The molecule has 1 aromatic rings. The summed E-state index contributed by atoms with van der Waals surface area (Å²) in [5.74, 6) is -0.706. The molecule has 68 valence electrons. The second-order valence-electron chi connectivity index (χ2n) is 2.30. The van der Waals surface area contributed by atoms with E-state index in [0.717, 1.165) is 0 Å². The number of aldehydes is 1. The Hall–Kier alpha value is -1.39. The molecule has 13 heavy (non-hydrogen) atoms. The quantitative estimate of drug-likeness (QED) is 0.428. The maximum atomic E-state index is 10.9. The molecule has 4 nitrogen and oxygen atoms in total. The number of benzene rings is 1. The molecule has 0 aliphatic heterocycles. The Bertz CT molecular complexity index is 351. The Morgan fingerprint density at radius 3 is 2.69 bits per heavy atom. The van der Waals surface area contributed by atoms with Crippen LogP contribution in [0.1, 0.15) is 20.7 Å². The fourth-order valence-corrected chi connectivity index (χ4v) is 1.12. The van der Waals surface area contributed by atoms with Gasteiger partial charge >= 0.3 is 0 Å². The SMILES string of the molecule is O=Cc1ccc(C(=O)NO)c(Cl)c1. The third kappa shape index (κ3) is 2.05. The number of carbonyl (C=O) groups excluding carboxylic acids is 2. The second kappa shape index (κ2) is 4.02. The monoisotopic (exact) mass is 199 g/mol. The van der Waals surface area contributed by atoms with E-state index in [1.165, 1.54) is 23.7 Å². The van der Waals surface area contributed by atoms with Crippen molar-refractivity contribution in [1.29, 1.82) is 0 Å². The second-order valence-corrected chi connectivity index (χ2v) is 2.71. The molecule has 1 amide bonds. The minimum absolute atomic E-state index is 0.120. The molecule has 0 saturated carbocycles. The summed E-state index contributed by atoms with van der Waals surface area (Å²) in [6, 6.07) is 4.14. The number of halogens is 1. The van der Waals surface area contributed by atoms with Crippen LogP contribution in [0.4, 0.5) is 0 Å². The average molecular weight is 200 g/mol. The number of carbonyl (C=O) groups is 2. The van der Waals surface area contributed by atoms with E-state index in [0.29, 0.717) is 11.8 Å². The molecule has 0 radical (unpaired) electrons. The number of hydrogen-bond donors (Lipinski definition) is 2. The molecule has 0 aromatic heterocycles. The first-order valence-electron chi connectivity index (χ1n) is 3.38. The maximum Gasteiger partial charge on any atom is 0.276 e. The summed E-state index contributed by atoms with van der Waals surface area (Å²) < 4.78 is 0. The number of nitrogens with one attached hydrogen (secondary N) is 1. The van der Waals surface area contributed by atoms with Crippen molar-refractivity contribution in [3.05, 3.63) is 34.3 Å². The summed E-state index contributed by atoms with van der Waals surface area (Å²) >= 11 is 5.65. The highest BCUT2D eigenvalue weighted by Gasteiger charge is 2.08. The van der Waals surface area contributed by atoms with Gasteiger partial charge in [-0.25, -0.2) is 5.48 Å². The number of hydroxylamine groups is 1. The van der Waals surface area contributed by atoms with Crippen LogP contribution in [0.3, 0.4) is 0 Å². The lowest BCUT2D eigenvalue weighted by Crippen LogP contribution is -2.18.